The van der Waals surface area contributed by atoms with Crippen molar-refractivity contribution in [2.75, 3.05) is 5.09 Å². The first-order valence-electron chi connectivity index (χ1n) is 6.94. The maximum absolute atomic E-state index is 6.24. The summed E-state index contributed by atoms with van der Waals surface area (Å²) in [6.45, 7) is 8.60. The van der Waals surface area contributed by atoms with E-state index in [4.69, 9.17) is 23.4 Å². The van der Waals surface area contributed by atoms with Crippen LogP contribution in [0.5, 0.6) is 0 Å². The number of anilines is 1. The zero-order chi connectivity index (χ0) is 15.7. The first-order chi connectivity index (χ1) is 9.74. The van der Waals surface area contributed by atoms with Gasteiger partial charge in [-0.1, -0.05) is 80.6 Å². The number of rotatable bonds is 3. The standard InChI is InChI=1S/C17H21ClNPS/c1-13-10-11-14(12-16(13)18)19-20(21,17(2,3)4)15-8-6-5-7-9-15/h5-12H,1-4H3,(H,19,21). The van der Waals surface area contributed by atoms with Gasteiger partial charge < -0.3 is 5.09 Å². The van der Waals surface area contributed by atoms with Crippen LogP contribution in [0.1, 0.15) is 26.3 Å². The van der Waals surface area contributed by atoms with E-state index in [-0.39, 0.29) is 5.16 Å². The van der Waals surface area contributed by atoms with E-state index in [1.165, 1.54) is 5.30 Å². The van der Waals surface area contributed by atoms with Gasteiger partial charge in [-0.15, -0.1) is 0 Å². The average Bonchev–Trinajstić information content (AvgIpc) is 2.42. The van der Waals surface area contributed by atoms with E-state index in [0.29, 0.717) is 0 Å². The molecule has 0 saturated heterocycles. The molecular formula is C17H21ClNPS. The fourth-order valence-corrected chi connectivity index (χ4v) is 5.30. The number of nitrogens with one attached hydrogen (secondary N) is 1. The van der Waals surface area contributed by atoms with Crippen LogP contribution in [-0.2, 0) is 11.8 Å². The third kappa shape index (κ3) is 3.51. The second-order valence-electron chi connectivity index (χ2n) is 6.19. The molecule has 2 rings (SSSR count). The lowest BCUT2D eigenvalue weighted by Gasteiger charge is -2.37. The van der Waals surface area contributed by atoms with Crippen LogP contribution in [0.4, 0.5) is 5.69 Å². The molecular weight excluding hydrogens is 317 g/mol. The summed E-state index contributed by atoms with van der Waals surface area (Å²) in [6.07, 6.45) is -1.99. The number of hydrogen-bond acceptors (Lipinski definition) is 1. The van der Waals surface area contributed by atoms with Crippen LogP contribution >= 0.6 is 17.8 Å². The molecule has 2 aromatic carbocycles. The highest BCUT2D eigenvalue weighted by molar-refractivity contribution is 8.19. The summed E-state index contributed by atoms with van der Waals surface area (Å²) in [7, 11) is 0. The molecule has 0 amide bonds. The minimum Gasteiger partial charge on any atom is -0.354 e. The van der Waals surface area contributed by atoms with E-state index in [1.807, 2.05) is 37.3 Å². The molecule has 112 valence electrons. The van der Waals surface area contributed by atoms with E-state index in [0.717, 1.165) is 16.3 Å². The Bertz CT molecular complexity index is 677. The van der Waals surface area contributed by atoms with Gasteiger partial charge in [-0.2, -0.15) is 0 Å². The van der Waals surface area contributed by atoms with Gasteiger partial charge in [0, 0.05) is 21.2 Å². The smallest absolute Gasteiger partial charge is 0.0672 e. The molecule has 0 saturated carbocycles. The Morgan fingerprint density at radius 3 is 2.19 bits per heavy atom. The Balaban J connectivity index is 2.48. The number of benzene rings is 2. The van der Waals surface area contributed by atoms with Crippen LogP contribution in [0.3, 0.4) is 0 Å². The van der Waals surface area contributed by atoms with E-state index < -0.39 is 6.19 Å². The van der Waals surface area contributed by atoms with Crippen LogP contribution in [0, 0.1) is 6.92 Å². The highest BCUT2D eigenvalue weighted by atomic mass is 35.5. The van der Waals surface area contributed by atoms with Crippen LogP contribution in [0.25, 0.3) is 0 Å². The fourth-order valence-electron chi connectivity index (χ4n) is 2.10. The molecule has 0 aromatic heterocycles. The van der Waals surface area contributed by atoms with Gasteiger partial charge in [0.1, 0.15) is 0 Å². The molecule has 0 spiro atoms. The molecule has 4 heteroatoms. The molecule has 1 atom stereocenters. The SMILES string of the molecule is Cc1ccc(NP(=S)(c2ccccc2)C(C)(C)C)cc1Cl. The normalized spacial score (nSPS) is 14.5. The number of halogens is 1. The van der Waals surface area contributed by atoms with Gasteiger partial charge in [0.2, 0.25) is 0 Å². The summed E-state index contributed by atoms with van der Waals surface area (Å²) in [5, 5.41) is 5.56. The van der Waals surface area contributed by atoms with Crippen molar-refractivity contribution >= 4 is 40.6 Å². The van der Waals surface area contributed by atoms with Crippen molar-refractivity contribution in [3.05, 3.63) is 59.1 Å². The largest absolute Gasteiger partial charge is 0.354 e. The van der Waals surface area contributed by atoms with Gasteiger partial charge in [-0.05, 0) is 24.6 Å². The lowest BCUT2D eigenvalue weighted by Crippen LogP contribution is -2.27. The van der Waals surface area contributed by atoms with E-state index in [2.05, 4.69) is 44.1 Å². The van der Waals surface area contributed by atoms with Crippen molar-refractivity contribution in [3.63, 3.8) is 0 Å². The average molecular weight is 338 g/mol. The third-order valence-electron chi connectivity index (χ3n) is 3.52. The summed E-state index contributed by atoms with van der Waals surface area (Å²) in [4.78, 5) is 0. The maximum atomic E-state index is 6.24. The molecule has 0 radical (unpaired) electrons. The van der Waals surface area contributed by atoms with E-state index >= 15 is 0 Å². The zero-order valence-corrected chi connectivity index (χ0v) is 15.3. The van der Waals surface area contributed by atoms with E-state index in [9.17, 15) is 0 Å². The minimum absolute atomic E-state index is 0.0267. The Hall–Kier alpha value is -0.820. The molecule has 0 aliphatic heterocycles. The first-order valence-corrected chi connectivity index (χ1v) is 10.1. The highest BCUT2D eigenvalue weighted by Crippen LogP contribution is 2.56. The summed E-state index contributed by atoms with van der Waals surface area (Å²) in [6, 6.07) is 16.4. The van der Waals surface area contributed by atoms with Crippen molar-refractivity contribution < 1.29 is 0 Å². The Morgan fingerprint density at radius 2 is 1.67 bits per heavy atom. The molecule has 2 aromatic rings. The van der Waals surface area contributed by atoms with Crippen molar-refractivity contribution in [2.45, 2.75) is 32.9 Å². The molecule has 0 heterocycles. The topological polar surface area (TPSA) is 12.0 Å². The molecule has 0 bridgehead atoms. The predicted octanol–water partition coefficient (Wildman–Crippen LogP) is 5.58. The number of hydrogen-bond donors (Lipinski definition) is 1. The van der Waals surface area contributed by atoms with Gasteiger partial charge in [0.05, 0.1) is 6.19 Å². The molecule has 21 heavy (non-hydrogen) atoms. The van der Waals surface area contributed by atoms with Crippen molar-refractivity contribution in [2.24, 2.45) is 0 Å². The zero-order valence-electron chi connectivity index (χ0n) is 12.9. The second kappa shape index (κ2) is 6.12. The number of aryl methyl sites for hydroxylation is 1. The van der Waals surface area contributed by atoms with Gasteiger partial charge in [-0.3, -0.25) is 0 Å². The lowest BCUT2D eigenvalue weighted by atomic mass is 10.2. The first kappa shape index (κ1) is 16.5. The monoisotopic (exact) mass is 337 g/mol. The summed E-state index contributed by atoms with van der Waals surface area (Å²) in [5.74, 6) is 0. The lowest BCUT2D eigenvalue weighted by molar-refractivity contribution is 0.789. The van der Waals surface area contributed by atoms with Crippen LogP contribution < -0.4 is 10.4 Å². The molecule has 1 N–H and O–H groups in total. The Morgan fingerprint density at radius 1 is 1.05 bits per heavy atom. The minimum atomic E-state index is -1.99. The molecule has 1 nitrogen and oxygen atoms in total. The predicted molar refractivity (Wildman–Crippen MR) is 99.9 cm³/mol. The van der Waals surface area contributed by atoms with Crippen LogP contribution in [0.2, 0.25) is 5.02 Å². The molecule has 0 fully saturated rings. The fraction of sp³-hybridized carbons (Fsp3) is 0.294. The second-order valence-corrected chi connectivity index (χ2v) is 11.5. The quantitative estimate of drug-likeness (QED) is 0.734. The maximum Gasteiger partial charge on any atom is 0.0672 e. The third-order valence-corrected chi connectivity index (χ3v) is 9.97. The molecule has 0 aliphatic rings. The molecule has 1 unspecified atom stereocenters. The van der Waals surface area contributed by atoms with Gasteiger partial charge >= 0.3 is 0 Å². The van der Waals surface area contributed by atoms with Crippen LogP contribution in [0.15, 0.2) is 48.5 Å². The van der Waals surface area contributed by atoms with Crippen molar-refractivity contribution in [1.29, 1.82) is 0 Å². The van der Waals surface area contributed by atoms with Crippen LogP contribution in [-0.4, -0.2) is 5.16 Å². The summed E-state index contributed by atoms with van der Waals surface area (Å²) >= 11 is 12.4. The van der Waals surface area contributed by atoms with E-state index in [1.54, 1.807) is 0 Å². The van der Waals surface area contributed by atoms with Crippen molar-refractivity contribution in [3.8, 4) is 0 Å². The van der Waals surface area contributed by atoms with Gasteiger partial charge in [0.15, 0.2) is 0 Å². The Labute approximate surface area is 137 Å². The summed E-state index contributed by atoms with van der Waals surface area (Å²) in [5.41, 5.74) is 2.07. The van der Waals surface area contributed by atoms with Gasteiger partial charge in [0.25, 0.3) is 0 Å². The van der Waals surface area contributed by atoms with Crippen molar-refractivity contribution in [1.82, 2.24) is 0 Å². The highest BCUT2D eigenvalue weighted by Gasteiger charge is 2.33. The molecule has 0 aliphatic carbocycles. The summed E-state index contributed by atoms with van der Waals surface area (Å²) < 4.78 is 0. The Kier molecular flexibility index (Phi) is 4.82. The van der Waals surface area contributed by atoms with Gasteiger partial charge in [-0.25, -0.2) is 0 Å².